The Morgan fingerprint density at radius 2 is 1.64 bits per heavy atom. The maximum absolute atomic E-state index is 10.3. The van der Waals surface area contributed by atoms with Crippen molar-refractivity contribution in [3.63, 3.8) is 0 Å². The van der Waals surface area contributed by atoms with Crippen LogP contribution in [0.15, 0.2) is 54.6 Å². The van der Waals surface area contributed by atoms with E-state index in [1.54, 1.807) is 12.1 Å². The molecule has 0 heterocycles. The highest BCUT2D eigenvalue weighted by Gasteiger charge is 2.13. The minimum absolute atomic E-state index is 0. The molecule has 0 bridgehead atoms. The molecule has 0 unspecified atom stereocenters. The molecule has 2 rings (SSSR count). The lowest BCUT2D eigenvalue weighted by Gasteiger charge is -2.24. The normalized spacial score (nSPS) is 12.0. The molecule has 0 aliphatic rings. The van der Waals surface area contributed by atoms with Gasteiger partial charge in [0.15, 0.2) is 0 Å². The van der Waals surface area contributed by atoms with Crippen LogP contribution in [-0.2, 0) is 6.54 Å². The second-order valence-corrected chi connectivity index (χ2v) is 5.45. The Balaban J connectivity index is 0.00000242. The fraction of sp³-hybridized carbons (Fsp3) is 0.294. The lowest BCUT2D eigenvalue weighted by atomic mass is 10.1. The predicted molar refractivity (Wildman–Crippen MR) is 92.5 cm³/mol. The minimum atomic E-state index is -0.600. The number of benzene rings is 2. The third-order valence-electron chi connectivity index (χ3n) is 3.35. The summed E-state index contributed by atoms with van der Waals surface area (Å²) >= 11 is 5.85. The van der Waals surface area contributed by atoms with Crippen LogP contribution in [0.2, 0.25) is 5.02 Å². The molecule has 22 heavy (non-hydrogen) atoms. The Bertz CT molecular complexity index is 534. The lowest BCUT2D eigenvalue weighted by molar-refractivity contribution is 0.0957. The van der Waals surface area contributed by atoms with Crippen molar-refractivity contribution in [2.75, 3.05) is 19.7 Å². The van der Waals surface area contributed by atoms with E-state index in [0.29, 0.717) is 24.7 Å². The molecule has 120 valence electrons. The van der Waals surface area contributed by atoms with Crippen LogP contribution in [0, 0.1) is 0 Å². The monoisotopic (exact) mass is 341 g/mol. The third-order valence-corrected chi connectivity index (χ3v) is 3.60. The molecule has 0 aliphatic carbocycles. The van der Waals surface area contributed by atoms with E-state index in [9.17, 15) is 10.2 Å². The first-order chi connectivity index (χ1) is 10.2. The number of rotatable bonds is 7. The number of hydrogen-bond acceptors (Lipinski definition) is 3. The van der Waals surface area contributed by atoms with Gasteiger partial charge in [-0.15, -0.1) is 12.4 Å². The maximum Gasteiger partial charge on any atom is 0.0917 e. The van der Waals surface area contributed by atoms with Crippen molar-refractivity contribution in [3.05, 3.63) is 70.7 Å². The van der Waals surface area contributed by atoms with Gasteiger partial charge in [0.25, 0.3) is 0 Å². The smallest absolute Gasteiger partial charge is 0.0917 e. The first-order valence-electron chi connectivity index (χ1n) is 6.99. The molecule has 0 aromatic heterocycles. The SMILES string of the molecule is Cl.OCCN(Cc1ccccc1)C[C@H](O)c1ccc(Cl)cc1. The minimum Gasteiger partial charge on any atom is -0.395 e. The highest BCUT2D eigenvalue weighted by atomic mass is 35.5. The summed E-state index contributed by atoms with van der Waals surface area (Å²) in [5, 5.41) is 20.2. The molecule has 0 saturated carbocycles. The van der Waals surface area contributed by atoms with Crippen LogP contribution < -0.4 is 0 Å². The van der Waals surface area contributed by atoms with Gasteiger partial charge in [0.05, 0.1) is 12.7 Å². The summed E-state index contributed by atoms with van der Waals surface area (Å²) in [4.78, 5) is 2.04. The van der Waals surface area contributed by atoms with Crippen molar-refractivity contribution in [1.29, 1.82) is 0 Å². The number of hydrogen-bond donors (Lipinski definition) is 2. The molecule has 1 atom stereocenters. The molecule has 0 aliphatic heterocycles. The highest BCUT2D eigenvalue weighted by Crippen LogP contribution is 2.18. The molecule has 3 nitrogen and oxygen atoms in total. The summed E-state index contributed by atoms with van der Waals surface area (Å²) in [5.41, 5.74) is 1.99. The van der Waals surface area contributed by atoms with Gasteiger partial charge in [-0.2, -0.15) is 0 Å². The summed E-state index contributed by atoms with van der Waals surface area (Å²) in [7, 11) is 0. The quantitative estimate of drug-likeness (QED) is 0.812. The first kappa shape index (κ1) is 18.9. The van der Waals surface area contributed by atoms with Gasteiger partial charge in [-0.3, -0.25) is 4.90 Å². The van der Waals surface area contributed by atoms with E-state index in [0.717, 1.165) is 11.1 Å². The van der Waals surface area contributed by atoms with Gasteiger partial charge in [-0.1, -0.05) is 54.1 Å². The number of aliphatic hydroxyl groups is 2. The zero-order chi connectivity index (χ0) is 15.1. The second-order valence-electron chi connectivity index (χ2n) is 5.01. The lowest BCUT2D eigenvalue weighted by Crippen LogP contribution is -2.31. The van der Waals surface area contributed by atoms with Crippen LogP contribution in [0.3, 0.4) is 0 Å². The van der Waals surface area contributed by atoms with Crippen LogP contribution in [0.4, 0.5) is 0 Å². The molecule has 2 aromatic carbocycles. The van der Waals surface area contributed by atoms with Crippen molar-refractivity contribution in [1.82, 2.24) is 4.90 Å². The fourth-order valence-electron chi connectivity index (χ4n) is 2.25. The van der Waals surface area contributed by atoms with E-state index < -0.39 is 6.10 Å². The van der Waals surface area contributed by atoms with Crippen molar-refractivity contribution in [3.8, 4) is 0 Å². The van der Waals surface area contributed by atoms with Gasteiger partial charge in [0.1, 0.15) is 0 Å². The van der Waals surface area contributed by atoms with Gasteiger partial charge < -0.3 is 10.2 Å². The van der Waals surface area contributed by atoms with Crippen LogP contribution in [-0.4, -0.2) is 34.8 Å². The van der Waals surface area contributed by atoms with E-state index in [1.165, 1.54) is 0 Å². The zero-order valence-electron chi connectivity index (χ0n) is 12.2. The van der Waals surface area contributed by atoms with Crippen LogP contribution in [0.1, 0.15) is 17.2 Å². The Kier molecular flexibility index (Phi) is 8.46. The van der Waals surface area contributed by atoms with Crippen LogP contribution in [0.25, 0.3) is 0 Å². The second kappa shape index (κ2) is 9.82. The highest BCUT2D eigenvalue weighted by molar-refractivity contribution is 6.30. The number of halogens is 2. The molecule has 0 amide bonds. The third kappa shape index (κ3) is 5.95. The van der Waals surface area contributed by atoms with Gasteiger partial charge in [-0.05, 0) is 23.3 Å². The Labute approximate surface area is 142 Å². The summed E-state index contributed by atoms with van der Waals surface area (Å²) in [6.07, 6.45) is -0.600. The van der Waals surface area contributed by atoms with E-state index in [2.05, 4.69) is 0 Å². The molecule has 5 heteroatoms. The fourth-order valence-corrected chi connectivity index (χ4v) is 2.38. The van der Waals surface area contributed by atoms with Gasteiger partial charge >= 0.3 is 0 Å². The Morgan fingerprint density at radius 3 is 2.23 bits per heavy atom. The number of nitrogens with zero attached hydrogens (tertiary/aromatic N) is 1. The van der Waals surface area contributed by atoms with E-state index in [4.69, 9.17) is 11.6 Å². The standard InChI is InChI=1S/C17H20ClNO2.ClH/c18-16-8-6-15(7-9-16)17(21)13-19(10-11-20)12-14-4-2-1-3-5-14;/h1-9,17,20-21H,10-13H2;1H/t17-;/m0./s1. The molecular weight excluding hydrogens is 321 g/mol. The summed E-state index contributed by atoms with van der Waals surface area (Å²) in [6.45, 7) is 1.77. The average molecular weight is 342 g/mol. The Hall–Kier alpha value is -1.10. The molecule has 2 aromatic rings. The van der Waals surface area contributed by atoms with E-state index in [1.807, 2.05) is 47.4 Å². The topological polar surface area (TPSA) is 43.7 Å². The molecular formula is C17H21Cl2NO2. The summed E-state index contributed by atoms with van der Waals surface area (Å²) < 4.78 is 0. The van der Waals surface area contributed by atoms with Crippen molar-refractivity contribution < 1.29 is 10.2 Å². The van der Waals surface area contributed by atoms with Crippen LogP contribution >= 0.6 is 24.0 Å². The number of aliphatic hydroxyl groups excluding tert-OH is 2. The molecule has 0 spiro atoms. The average Bonchev–Trinajstić information content (AvgIpc) is 2.49. The first-order valence-corrected chi connectivity index (χ1v) is 7.37. The van der Waals surface area contributed by atoms with Crippen LogP contribution in [0.5, 0.6) is 0 Å². The Morgan fingerprint density at radius 1 is 1.00 bits per heavy atom. The van der Waals surface area contributed by atoms with E-state index >= 15 is 0 Å². The van der Waals surface area contributed by atoms with Gasteiger partial charge in [-0.25, -0.2) is 0 Å². The maximum atomic E-state index is 10.3. The zero-order valence-corrected chi connectivity index (χ0v) is 13.8. The largest absolute Gasteiger partial charge is 0.395 e. The molecule has 0 fully saturated rings. The predicted octanol–water partition coefficient (Wildman–Crippen LogP) is 3.29. The van der Waals surface area contributed by atoms with Crippen molar-refractivity contribution in [2.45, 2.75) is 12.6 Å². The molecule has 0 radical (unpaired) electrons. The van der Waals surface area contributed by atoms with E-state index in [-0.39, 0.29) is 19.0 Å². The summed E-state index contributed by atoms with van der Waals surface area (Å²) in [5.74, 6) is 0. The van der Waals surface area contributed by atoms with Crippen molar-refractivity contribution >= 4 is 24.0 Å². The molecule has 2 N–H and O–H groups in total. The van der Waals surface area contributed by atoms with Gasteiger partial charge in [0.2, 0.25) is 0 Å². The molecule has 0 saturated heterocycles. The van der Waals surface area contributed by atoms with Crippen molar-refractivity contribution in [2.24, 2.45) is 0 Å². The summed E-state index contributed by atoms with van der Waals surface area (Å²) in [6, 6.07) is 17.2. The van der Waals surface area contributed by atoms with Gasteiger partial charge in [0, 0.05) is 24.7 Å².